The molecule has 0 spiro atoms. The number of nitro groups is 2. The van der Waals surface area contributed by atoms with Gasteiger partial charge >= 0.3 is 11.6 Å². The minimum Gasteiger partial charge on any atom is -0.497 e. The van der Waals surface area contributed by atoms with Gasteiger partial charge in [0, 0.05) is 17.8 Å². The highest BCUT2D eigenvalue weighted by Gasteiger charge is 2.32. The van der Waals surface area contributed by atoms with Gasteiger partial charge in [0.15, 0.2) is 5.82 Å². The fraction of sp³-hybridized carbons (Fsp3) is 0.0625. The van der Waals surface area contributed by atoms with Gasteiger partial charge in [-0.1, -0.05) is 0 Å². The molecule has 1 amide bonds. The minimum absolute atomic E-state index is 0.179. The molecule has 0 unspecified atom stereocenters. The van der Waals surface area contributed by atoms with E-state index in [9.17, 15) is 25.0 Å². The number of benzene rings is 2. The molecule has 0 aromatic heterocycles. The first-order chi connectivity index (χ1) is 12.9. The number of carbonyl (C=O) groups excluding carboxylic acids is 1. The van der Waals surface area contributed by atoms with Gasteiger partial charge in [-0.2, -0.15) is 0 Å². The number of rotatable bonds is 5. The molecule has 1 aliphatic rings. The molecule has 0 fully saturated rings. The molecule has 1 aliphatic heterocycles. The van der Waals surface area contributed by atoms with Gasteiger partial charge in [-0.05, 0) is 30.3 Å². The van der Waals surface area contributed by atoms with Crippen LogP contribution in [-0.2, 0) is 4.79 Å². The molecule has 3 rings (SSSR count). The number of amides is 1. The van der Waals surface area contributed by atoms with E-state index in [0.717, 1.165) is 0 Å². The van der Waals surface area contributed by atoms with Crippen LogP contribution in [0.1, 0.15) is 0 Å². The second kappa shape index (κ2) is 7.00. The molecule has 0 radical (unpaired) electrons. The van der Waals surface area contributed by atoms with E-state index < -0.39 is 21.5 Å². The number of nitrogens with zero attached hydrogens (tertiary/aromatic N) is 2. The lowest BCUT2D eigenvalue weighted by atomic mass is 10.2. The Morgan fingerprint density at radius 3 is 2.30 bits per heavy atom. The summed E-state index contributed by atoms with van der Waals surface area (Å²) in [5, 5.41) is 30.0. The monoisotopic (exact) mass is 371 g/mol. The van der Waals surface area contributed by atoms with Gasteiger partial charge in [0.1, 0.15) is 5.75 Å². The number of ether oxygens (including phenoxy) is 1. The van der Waals surface area contributed by atoms with Crippen LogP contribution in [0.2, 0.25) is 0 Å². The Hall–Kier alpha value is -4.15. The van der Waals surface area contributed by atoms with E-state index in [2.05, 4.69) is 16.0 Å². The summed E-state index contributed by atoms with van der Waals surface area (Å²) in [7, 11) is 1.49. The fourth-order valence-corrected chi connectivity index (χ4v) is 2.43. The lowest BCUT2D eigenvalue weighted by molar-refractivity contribution is -0.419. The van der Waals surface area contributed by atoms with Crippen LogP contribution >= 0.6 is 0 Å². The summed E-state index contributed by atoms with van der Waals surface area (Å²) >= 11 is 0. The maximum atomic E-state index is 12.4. The first-order valence-corrected chi connectivity index (χ1v) is 7.55. The molecule has 0 saturated carbocycles. The summed E-state index contributed by atoms with van der Waals surface area (Å²) in [5.41, 5.74) is 0.0363. The van der Waals surface area contributed by atoms with E-state index in [-0.39, 0.29) is 17.2 Å². The molecule has 11 nitrogen and oxygen atoms in total. The number of hydrogen-bond donors (Lipinski definition) is 3. The van der Waals surface area contributed by atoms with E-state index in [1.807, 2.05) is 0 Å². The summed E-state index contributed by atoms with van der Waals surface area (Å²) in [6, 6.07) is 10.1. The Kier molecular flexibility index (Phi) is 4.58. The van der Waals surface area contributed by atoms with Crippen molar-refractivity contribution >= 4 is 28.7 Å². The molecule has 0 bridgehead atoms. The number of carbonyl (C=O) groups is 1. The molecule has 0 aliphatic carbocycles. The highest BCUT2D eigenvalue weighted by molar-refractivity contribution is 6.04. The number of anilines is 3. The van der Waals surface area contributed by atoms with Gasteiger partial charge in [0.2, 0.25) is 0 Å². The van der Waals surface area contributed by atoms with Gasteiger partial charge in [0.25, 0.3) is 5.69 Å². The smallest absolute Gasteiger partial charge is 0.373 e. The molecule has 11 heteroatoms. The molecule has 3 N–H and O–H groups in total. The summed E-state index contributed by atoms with van der Waals surface area (Å²) in [4.78, 5) is 33.2. The van der Waals surface area contributed by atoms with Crippen LogP contribution in [0, 0.1) is 20.2 Å². The van der Waals surface area contributed by atoms with E-state index >= 15 is 0 Å². The third kappa shape index (κ3) is 3.61. The van der Waals surface area contributed by atoms with Gasteiger partial charge in [-0.15, -0.1) is 0 Å². The number of nitro benzene ring substituents is 1. The Labute approximate surface area is 151 Å². The zero-order valence-electron chi connectivity index (χ0n) is 13.9. The number of nitrogens with one attached hydrogen (secondary N) is 3. The van der Waals surface area contributed by atoms with E-state index in [1.165, 1.54) is 37.4 Å². The van der Waals surface area contributed by atoms with Crippen LogP contribution in [0.5, 0.6) is 5.75 Å². The number of methoxy groups -OCH3 is 1. The second-order valence-electron chi connectivity index (χ2n) is 5.40. The molecule has 0 atom stereocenters. The quantitative estimate of drug-likeness (QED) is 0.412. The molecule has 138 valence electrons. The number of non-ortho nitro benzene ring substituents is 1. The van der Waals surface area contributed by atoms with Crippen molar-refractivity contribution in [3.05, 3.63) is 74.2 Å². The lowest BCUT2D eigenvalue weighted by Crippen LogP contribution is -2.24. The average molecular weight is 371 g/mol. The fourth-order valence-electron chi connectivity index (χ4n) is 2.43. The van der Waals surface area contributed by atoms with Crippen LogP contribution in [0.15, 0.2) is 54.0 Å². The maximum Gasteiger partial charge on any atom is 0.373 e. The zero-order valence-corrected chi connectivity index (χ0v) is 13.9. The summed E-state index contributed by atoms with van der Waals surface area (Å²) in [6.45, 7) is 0. The molecule has 27 heavy (non-hydrogen) atoms. The van der Waals surface area contributed by atoms with Gasteiger partial charge < -0.3 is 20.7 Å². The standard InChI is InChI=1S/C16H13N5O6/c1-27-11-5-2-9(3-6-11)17-16(22)14(21(25)26)15-18-12-7-4-10(20(23)24)8-13(12)19-15/h2-8,18-19H,1H3,(H,17,22). The van der Waals surface area contributed by atoms with E-state index in [1.54, 1.807) is 12.1 Å². The largest absolute Gasteiger partial charge is 0.497 e. The van der Waals surface area contributed by atoms with Crippen LogP contribution < -0.4 is 20.7 Å². The second-order valence-corrected chi connectivity index (χ2v) is 5.40. The number of fused-ring (bicyclic) bond motifs is 1. The Balaban J connectivity index is 1.87. The molecule has 2 aromatic rings. The normalized spacial score (nSPS) is 13.7. The maximum absolute atomic E-state index is 12.4. The average Bonchev–Trinajstić information content (AvgIpc) is 3.04. The summed E-state index contributed by atoms with van der Waals surface area (Å²) < 4.78 is 5.01. The molecule has 2 aromatic carbocycles. The van der Waals surface area contributed by atoms with Crippen LogP contribution in [-0.4, -0.2) is 22.9 Å². The van der Waals surface area contributed by atoms with Crippen molar-refractivity contribution in [1.29, 1.82) is 0 Å². The van der Waals surface area contributed by atoms with Crippen molar-refractivity contribution in [3.63, 3.8) is 0 Å². The molecular formula is C16H13N5O6. The third-order valence-electron chi connectivity index (χ3n) is 3.72. The van der Waals surface area contributed by atoms with Crippen molar-refractivity contribution in [2.45, 2.75) is 0 Å². The third-order valence-corrected chi connectivity index (χ3v) is 3.72. The predicted molar refractivity (Wildman–Crippen MR) is 96.0 cm³/mol. The van der Waals surface area contributed by atoms with Crippen LogP contribution in [0.4, 0.5) is 22.7 Å². The topological polar surface area (TPSA) is 149 Å². The first kappa shape index (κ1) is 17.7. The van der Waals surface area contributed by atoms with Crippen LogP contribution in [0.25, 0.3) is 0 Å². The summed E-state index contributed by atoms with van der Waals surface area (Å²) in [6.07, 6.45) is 0. The van der Waals surface area contributed by atoms with Gasteiger partial charge in [-0.3, -0.25) is 25.0 Å². The zero-order chi connectivity index (χ0) is 19.6. The van der Waals surface area contributed by atoms with E-state index in [4.69, 9.17) is 4.74 Å². The van der Waals surface area contributed by atoms with Gasteiger partial charge in [0.05, 0.1) is 28.3 Å². The van der Waals surface area contributed by atoms with Crippen molar-refractivity contribution in [2.24, 2.45) is 0 Å². The van der Waals surface area contributed by atoms with Crippen LogP contribution in [0.3, 0.4) is 0 Å². The lowest BCUT2D eigenvalue weighted by Gasteiger charge is -2.07. The van der Waals surface area contributed by atoms with Gasteiger partial charge in [-0.25, -0.2) is 0 Å². The van der Waals surface area contributed by atoms with Crippen molar-refractivity contribution in [1.82, 2.24) is 0 Å². The molecular weight excluding hydrogens is 358 g/mol. The highest BCUT2D eigenvalue weighted by Crippen LogP contribution is 2.34. The van der Waals surface area contributed by atoms with Crippen molar-refractivity contribution in [3.8, 4) is 5.75 Å². The first-order valence-electron chi connectivity index (χ1n) is 7.55. The Bertz CT molecular complexity index is 970. The highest BCUT2D eigenvalue weighted by atomic mass is 16.6. The SMILES string of the molecule is COc1ccc(NC(=O)C(=C2Nc3ccc([N+](=O)[O-])cc3N2)[N+](=O)[O-])cc1. The Morgan fingerprint density at radius 1 is 1.04 bits per heavy atom. The van der Waals surface area contributed by atoms with Crippen molar-refractivity contribution in [2.75, 3.05) is 23.1 Å². The predicted octanol–water partition coefficient (Wildman–Crippen LogP) is 2.53. The summed E-state index contributed by atoms with van der Waals surface area (Å²) in [5.74, 6) is -0.569. The van der Waals surface area contributed by atoms with E-state index in [0.29, 0.717) is 17.1 Å². The minimum atomic E-state index is -0.956. The molecule has 1 heterocycles. The Morgan fingerprint density at radius 2 is 1.70 bits per heavy atom. The molecule has 0 saturated heterocycles. The number of hydrogen-bond acceptors (Lipinski definition) is 8. The van der Waals surface area contributed by atoms with Crippen molar-refractivity contribution < 1.29 is 19.4 Å².